The molecule has 1 aliphatic heterocycles. The molecule has 6 heteroatoms. The summed E-state index contributed by atoms with van der Waals surface area (Å²) in [5.41, 5.74) is 1.57. The first-order valence-electron chi connectivity index (χ1n) is 7.98. The van der Waals surface area contributed by atoms with Crippen molar-refractivity contribution in [2.75, 3.05) is 37.7 Å². The SMILES string of the molecule is CCC(C)N(CC(=O)O)C(=O)c1ccc(N2CCOCC2)cc1. The van der Waals surface area contributed by atoms with Crippen LogP contribution in [0, 0.1) is 0 Å². The van der Waals surface area contributed by atoms with Crippen molar-refractivity contribution in [1.82, 2.24) is 4.90 Å². The molecular weight excluding hydrogens is 296 g/mol. The minimum absolute atomic E-state index is 0.113. The summed E-state index contributed by atoms with van der Waals surface area (Å²) in [6.45, 7) is 6.62. The molecule has 0 bridgehead atoms. The second-order valence-electron chi connectivity index (χ2n) is 5.73. The lowest BCUT2D eigenvalue weighted by Gasteiger charge is -2.29. The summed E-state index contributed by atoms with van der Waals surface area (Å²) < 4.78 is 5.33. The standard InChI is InChI=1S/C17H24N2O4/c1-3-13(2)19(12-16(20)21)17(22)14-4-6-15(7-5-14)18-8-10-23-11-9-18/h4-7,13H,3,8-12H2,1-2H3,(H,20,21). The Morgan fingerprint density at radius 2 is 1.87 bits per heavy atom. The van der Waals surface area contributed by atoms with Crippen LogP contribution in [0.15, 0.2) is 24.3 Å². The maximum Gasteiger partial charge on any atom is 0.323 e. The number of nitrogens with zero attached hydrogens (tertiary/aromatic N) is 2. The van der Waals surface area contributed by atoms with Gasteiger partial charge >= 0.3 is 5.97 Å². The summed E-state index contributed by atoms with van der Waals surface area (Å²) in [6.07, 6.45) is 0.713. The lowest BCUT2D eigenvalue weighted by Crippen LogP contribution is -2.41. The van der Waals surface area contributed by atoms with E-state index in [0.29, 0.717) is 25.2 Å². The van der Waals surface area contributed by atoms with Crippen LogP contribution in [0.1, 0.15) is 30.6 Å². The maximum atomic E-state index is 12.6. The minimum atomic E-state index is -0.997. The van der Waals surface area contributed by atoms with E-state index in [9.17, 15) is 9.59 Å². The molecule has 1 atom stereocenters. The molecule has 0 aliphatic carbocycles. The molecule has 0 saturated carbocycles. The number of morpholine rings is 1. The van der Waals surface area contributed by atoms with Crippen molar-refractivity contribution in [3.8, 4) is 0 Å². The fourth-order valence-electron chi connectivity index (χ4n) is 2.60. The van der Waals surface area contributed by atoms with Crippen LogP contribution < -0.4 is 4.90 Å². The van der Waals surface area contributed by atoms with Crippen LogP contribution in [0.25, 0.3) is 0 Å². The highest BCUT2D eigenvalue weighted by Crippen LogP contribution is 2.18. The molecule has 1 fully saturated rings. The lowest BCUT2D eigenvalue weighted by atomic mass is 10.1. The normalized spacial score (nSPS) is 16.0. The number of carboxylic acids is 1. The van der Waals surface area contributed by atoms with E-state index in [1.165, 1.54) is 4.90 Å². The number of amides is 1. The second kappa shape index (κ2) is 7.97. The number of carbonyl (C=O) groups excluding carboxylic acids is 1. The molecule has 0 radical (unpaired) electrons. The smallest absolute Gasteiger partial charge is 0.323 e. The topological polar surface area (TPSA) is 70.1 Å². The van der Waals surface area contributed by atoms with Crippen LogP contribution in [0.2, 0.25) is 0 Å². The van der Waals surface area contributed by atoms with Gasteiger partial charge in [-0.2, -0.15) is 0 Å². The molecule has 1 amide bonds. The molecule has 1 heterocycles. The number of hydrogen-bond acceptors (Lipinski definition) is 4. The molecule has 1 N–H and O–H groups in total. The number of benzene rings is 1. The monoisotopic (exact) mass is 320 g/mol. The zero-order valence-electron chi connectivity index (χ0n) is 13.7. The van der Waals surface area contributed by atoms with E-state index < -0.39 is 5.97 Å². The van der Waals surface area contributed by atoms with E-state index >= 15 is 0 Å². The third-order valence-electron chi connectivity index (χ3n) is 4.18. The molecule has 23 heavy (non-hydrogen) atoms. The number of hydrogen-bond donors (Lipinski definition) is 1. The van der Waals surface area contributed by atoms with E-state index in [0.717, 1.165) is 18.8 Å². The number of aliphatic carboxylic acids is 1. The van der Waals surface area contributed by atoms with Crippen molar-refractivity contribution in [3.05, 3.63) is 29.8 Å². The molecule has 2 rings (SSSR count). The van der Waals surface area contributed by atoms with Crippen LogP contribution in [-0.4, -0.2) is 60.8 Å². The predicted molar refractivity (Wildman–Crippen MR) is 87.9 cm³/mol. The summed E-state index contributed by atoms with van der Waals surface area (Å²) in [5, 5.41) is 9.03. The van der Waals surface area contributed by atoms with E-state index in [4.69, 9.17) is 9.84 Å². The second-order valence-corrected chi connectivity index (χ2v) is 5.73. The van der Waals surface area contributed by atoms with Gasteiger partial charge in [0.1, 0.15) is 6.54 Å². The van der Waals surface area contributed by atoms with Crippen LogP contribution >= 0.6 is 0 Å². The van der Waals surface area contributed by atoms with Crippen molar-refractivity contribution in [2.24, 2.45) is 0 Å². The van der Waals surface area contributed by atoms with Gasteiger partial charge in [-0.1, -0.05) is 6.92 Å². The van der Waals surface area contributed by atoms with Gasteiger partial charge in [-0.15, -0.1) is 0 Å². The summed E-state index contributed by atoms with van der Waals surface area (Å²) in [6, 6.07) is 7.24. The Hall–Kier alpha value is -2.08. The van der Waals surface area contributed by atoms with Gasteiger partial charge in [0.25, 0.3) is 5.91 Å². The number of anilines is 1. The number of rotatable bonds is 6. The fourth-order valence-corrected chi connectivity index (χ4v) is 2.60. The number of carbonyl (C=O) groups is 2. The van der Waals surface area contributed by atoms with Gasteiger partial charge in [0.05, 0.1) is 13.2 Å². The van der Waals surface area contributed by atoms with Crippen molar-refractivity contribution in [2.45, 2.75) is 26.3 Å². The van der Waals surface area contributed by atoms with Crippen LogP contribution in [0.4, 0.5) is 5.69 Å². The first-order chi connectivity index (χ1) is 11.0. The van der Waals surface area contributed by atoms with Crippen LogP contribution in [-0.2, 0) is 9.53 Å². The molecule has 1 saturated heterocycles. The molecular formula is C17H24N2O4. The molecule has 1 unspecified atom stereocenters. The van der Waals surface area contributed by atoms with Gasteiger partial charge in [-0.3, -0.25) is 9.59 Å². The zero-order valence-corrected chi connectivity index (χ0v) is 13.7. The molecule has 126 valence electrons. The maximum absolute atomic E-state index is 12.6. The van der Waals surface area contributed by atoms with Crippen LogP contribution in [0.5, 0.6) is 0 Å². The average molecular weight is 320 g/mol. The van der Waals surface area contributed by atoms with Gasteiger partial charge in [0.15, 0.2) is 0 Å². The summed E-state index contributed by atoms with van der Waals surface area (Å²) >= 11 is 0. The van der Waals surface area contributed by atoms with Gasteiger partial charge in [-0.25, -0.2) is 0 Å². The van der Waals surface area contributed by atoms with E-state index in [1.54, 1.807) is 12.1 Å². The first-order valence-corrected chi connectivity index (χ1v) is 7.98. The number of ether oxygens (including phenoxy) is 1. The fraction of sp³-hybridized carbons (Fsp3) is 0.529. The largest absolute Gasteiger partial charge is 0.480 e. The van der Waals surface area contributed by atoms with Crippen molar-refractivity contribution < 1.29 is 19.4 Å². The zero-order chi connectivity index (χ0) is 16.8. The van der Waals surface area contributed by atoms with Crippen molar-refractivity contribution in [3.63, 3.8) is 0 Å². The Labute approximate surface area is 136 Å². The van der Waals surface area contributed by atoms with Gasteiger partial charge in [-0.05, 0) is 37.6 Å². The van der Waals surface area contributed by atoms with E-state index in [1.807, 2.05) is 26.0 Å². The van der Waals surface area contributed by atoms with Crippen molar-refractivity contribution >= 4 is 17.6 Å². The van der Waals surface area contributed by atoms with Gasteiger partial charge < -0.3 is 19.6 Å². The Morgan fingerprint density at radius 3 is 2.39 bits per heavy atom. The molecule has 0 aromatic heterocycles. The molecule has 6 nitrogen and oxygen atoms in total. The lowest BCUT2D eigenvalue weighted by molar-refractivity contribution is -0.138. The summed E-state index contributed by atoms with van der Waals surface area (Å²) in [5.74, 6) is -1.24. The Kier molecular flexibility index (Phi) is 5.98. The average Bonchev–Trinajstić information content (AvgIpc) is 2.59. The highest BCUT2D eigenvalue weighted by atomic mass is 16.5. The Balaban J connectivity index is 2.12. The van der Waals surface area contributed by atoms with Gasteiger partial charge in [0.2, 0.25) is 0 Å². The van der Waals surface area contributed by atoms with Gasteiger partial charge in [0, 0.05) is 30.4 Å². The quantitative estimate of drug-likeness (QED) is 0.866. The molecule has 1 aromatic rings. The Morgan fingerprint density at radius 1 is 1.26 bits per heavy atom. The third-order valence-corrected chi connectivity index (χ3v) is 4.18. The minimum Gasteiger partial charge on any atom is -0.480 e. The number of carboxylic acid groups (broad SMARTS) is 1. The van der Waals surface area contributed by atoms with E-state index in [-0.39, 0.29) is 18.5 Å². The third kappa shape index (κ3) is 4.45. The van der Waals surface area contributed by atoms with E-state index in [2.05, 4.69) is 4.90 Å². The Bertz CT molecular complexity index is 538. The summed E-state index contributed by atoms with van der Waals surface area (Å²) in [4.78, 5) is 27.2. The first kappa shape index (κ1) is 17.3. The van der Waals surface area contributed by atoms with Crippen molar-refractivity contribution in [1.29, 1.82) is 0 Å². The van der Waals surface area contributed by atoms with Crippen LogP contribution in [0.3, 0.4) is 0 Å². The highest BCUT2D eigenvalue weighted by molar-refractivity contribution is 5.96. The highest BCUT2D eigenvalue weighted by Gasteiger charge is 2.23. The molecule has 1 aliphatic rings. The molecule has 0 spiro atoms. The predicted octanol–water partition coefficient (Wildman–Crippen LogP) is 1.85. The summed E-state index contributed by atoms with van der Waals surface area (Å²) in [7, 11) is 0. The molecule has 1 aromatic carbocycles.